The molecule has 0 aliphatic heterocycles. The van der Waals surface area contributed by atoms with Crippen LogP contribution in [0.3, 0.4) is 0 Å². The fourth-order valence-corrected chi connectivity index (χ4v) is 5.63. The van der Waals surface area contributed by atoms with Gasteiger partial charge in [0.15, 0.2) is 0 Å². The highest BCUT2D eigenvalue weighted by Gasteiger charge is 2.33. The maximum atomic E-state index is 13.9. The van der Waals surface area contributed by atoms with Crippen LogP contribution in [-0.2, 0) is 26.2 Å². The Morgan fingerprint density at radius 1 is 0.947 bits per heavy atom. The summed E-state index contributed by atoms with van der Waals surface area (Å²) in [4.78, 5) is 28.3. The minimum Gasteiger partial charge on any atom is -0.354 e. The summed E-state index contributed by atoms with van der Waals surface area (Å²) in [5, 5.41) is 2.83. The van der Waals surface area contributed by atoms with Crippen LogP contribution in [0.5, 0.6) is 0 Å². The fourth-order valence-electron chi connectivity index (χ4n) is 3.93. The van der Waals surface area contributed by atoms with E-state index in [-0.39, 0.29) is 17.3 Å². The molecule has 0 bridgehead atoms. The van der Waals surface area contributed by atoms with Crippen LogP contribution < -0.4 is 9.62 Å². The average Bonchev–Trinajstić information content (AvgIpc) is 2.92. The number of rotatable bonds is 12. The van der Waals surface area contributed by atoms with E-state index >= 15 is 0 Å². The summed E-state index contributed by atoms with van der Waals surface area (Å²) in [6.07, 6.45) is 1.03. The van der Waals surface area contributed by atoms with Gasteiger partial charge in [-0.15, -0.1) is 0 Å². The second-order valence-corrected chi connectivity index (χ2v) is 11.4. The molecule has 0 spiro atoms. The molecule has 3 aromatic rings. The first-order chi connectivity index (χ1) is 18.2. The number of sulfonamides is 1. The van der Waals surface area contributed by atoms with Gasteiger partial charge in [-0.2, -0.15) is 0 Å². The quantitative estimate of drug-likeness (QED) is 0.311. The first kappa shape index (κ1) is 29.3. The van der Waals surface area contributed by atoms with Crippen LogP contribution in [0.25, 0.3) is 0 Å². The summed E-state index contributed by atoms with van der Waals surface area (Å²) in [7, 11) is -4.12. The maximum Gasteiger partial charge on any atom is 0.264 e. The number of benzene rings is 3. The van der Waals surface area contributed by atoms with Crippen LogP contribution in [0, 0.1) is 5.82 Å². The number of hydrogen-bond donors (Lipinski definition) is 1. The van der Waals surface area contributed by atoms with Gasteiger partial charge >= 0.3 is 0 Å². The minimum absolute atomic E-state index is 0.0106. The molecule has 0 saturated heterocycles. The standard InChI is InChI=1S/C28H31BrFN3O4S/c1-3-18-31-28(35)26(4-2)32(19-21-10-14-23(30)15-11-21)27(34)20-33(24-16-12-22(29)13-17-24)38(36,37)25-8-6-5-7-9-25/h5-17,26H,3-4,18-20H2,1-2H3,(H,31,35). The van der Waals surface area contributed by atoms with Gasteiger partial charge in [-0.25, -0.2) is 12.8 Å². The first-order valence-corrected chi connectivity index (χ1v) is 14.6. The third-order valence-electron chi connectivity index (χ3n) is 5.93. The number of carbonyl (C=O) groups excluding carboxylic acids is 2. The van der Waals surface area contributed by atoms with E-state index < -0.39 is 34.3 Å². The zero-order valence-electron chi connectivity index (χ0n) is 21.3. The van der Waals surface area contributed by atoms with E-state index in [1.54, 1.807) is 61.5 Å². The molecule has 1 atom stereocenters. The Balaban J connectivity index is 2.02. The summed E-state index contributed by atoms with van der Waals surface area (Å²) >= 11 is 3.36. The third-order valence-corrected chi connectivity index (χ3v) is 8.24. The molecule has 0 aliphatic rings. The molecule has 0 fully saturated rings. The lowest BCUT2D eigenvalue weighted by atomic mass is 10.1. The molecular weight excluding hydrogens is 573 g/mol. The lowest BCUT2D eigenvalue weighted by molar-refractivity contribution is -0.140. The van der Waals surface area contributed by atoms with Crippen molar-refractivity contribution in [2.75, 3.05) is 17.4 Å². The van der Waals surface area contributed by atoms with E-state index in [4.69, 9.17) is 0 Å². The highest BCUT2D eigenvalue weighted by Crippen LogP contribution is 2.26. The number of halogens is 2. The van der Waals surface area contributed by atoms with Crippen molar-refractivity contribution in [1.29, 1.82) is 0 Å². The molecule has 0 radical (unpaired) electrons. The lowest BCUT2D eigenvalue weighted by Gasteiger charge is -2.33. The molecule has 0 aliphatic carbocycles. The van der Waals surface area contributed by atoms with Gasteiger partial charge in [-0.05, 0) is 66.9 Å². The molecular formula is C28H31BrFN3O4S. The minimum atomic E-state index is -4.12. The van der Waals surface area contributed by atoms with Crippen molar-refractivity contribution in [3.8, 4) is 0 Å². The Hall–Kier alpha value is -3.24. The molecule has 2 amide bonds. The third kappa shape index (κ3) is 7.41. The zero-order chi connectivity index (χ0) is 27.7. The number of nitrogens with zero attached hydrogens (tertiary/aromatic N) is 2. The van der Waals surface area contributed by atoms with Crippen LogP contribution in [0.1, 0.15) is 32.3 Å². The largest absolute Gasteiger partial charge is 0.354 e. The van der Waals surface area contributed by atoms with E-state index in [9.17, 15) is 22.4 Å². The van der Waals surface area contributed by atoms with Crippen molar-refractivity contribution in [2.45, 2.75) is 44.2 Å². The predicted octanol–water partition coefficient (Wildman–Crippen LogP) is 5.12. The SMILES string of the molecule is CCCNC(=O)C(CC)N(Cc1ccc(F)cc1)C(=O)CN(c1ccc(Br)cc1)S(=O)(=O)c1ccccc1. The molecule has 1 unspecified atom stereocenters. The van der Waals surface area contributed by atoms with Gasteiger partial charge in [0.25, 0.3) is 10.0 Å². The number of nitrogens with one attached hydrogen (secondary N) is 1. The molecule has 0 heterocycles. The summed E-state index contributed by atoms with van der Waals surface area (Å²) in [6, 6.07) is 19.3. The summed E-state index contributed by atoms with van der Waals surface area (Å²) in [5.74, 6) is -1.31. The van der Waals surface area contributed by atoms with E-state index in [1.165, 1.54) is 29.2 Å². The smallest absolute Gasteiger partial charge is 0.264 e. The van der Waals surface area contributed by atoms with E-state index in [0.29, 0.717) is 24.2 Å². The molecule has 202 valence electrons. The van der Waals surface area contributed by atoms with Gasteiger partial charge in [0.1, 0.15) is 18.4 Å². The van der Waals surface area contributed by atoms with Gasteiger partial charge in [-0.1, -0.05) is 60.1 Å². The van der Waals surface area contributed by atoms with Crippen molar-refractivity contribution >= 4 is 43.5 Å². The molecule has 7 nitrogen and oxygen atoms in total. The van der Waals surface area contributed by atoms with Crippen molar-refractivity contribution in [2.24, 2.45) is 0 Å². The molecule has 10 heteroatoms. The number of anilines is 1. The Morgan fingerprint density at radius 2 is 1.58 bits per heavy atom. The normalized spacial score (nSPS) is 12.0. The van der Waals surface area contributed by atoms with Crippen molar-refractivity contribution in [3.05, 3.63) is 94.7 Å². The molecule has 3 rings (SSSR count). The molecule has 1 N–H and O–H groups in total. The first-order valence-electron chi connectivity index (χ1n) is 12.3. The van der Waals surface area contributed by atoms with E-state index in [1.807, 2.05) is 6.92 Å². The van der Waals surface area contributed by atoms with Crippen molar-refractivity contribution in [1.82, 2.24) is 10.2 Å². The van der Waals surface area contributed by atoms with Crippen LogP contribution in [0.15, 0.2) is 88.2 Å². The summed E-state index contributed by atoms with van der Waals surface area (Å²) < 4.78 is 42.7. The zero-order valence-corrected chi connectivity index (χ0v) is 23.7. The Kier molecular flexibility index (Phi) is 10.4. The van der Waals surface area contributed by atoms with E-state index in [2.05, 4.69) is 21.2 Å². The van der Waals surface area contributed by atoms with Crippen molar-refractivity contribution < 1.29 is 22.4 Å². The van der Waals surface area contributed by atoms with Gasteiger partial charge in [0.2, 0.25) is 11.8 Å². The fraction of sp³-hybridized carbons (Fsp3) is 0.286. The van der Waals surface area contributed by atoms with Crippen LogP contribution in [0.2, 0.25) is 0 Å². The summed E-state index contributed by atoms with van der Waals surface area (Å²) in [5.41, 5.74) is 0.915. The molecule has 3 aromatic carbocycles. The van der Waals surface area contributed by atoms with Crippen LogP contribution in [0.4, 0.5) is 10.1 Å². The predicted molar refractivity (Wildman–Crippen MR) is 149 cm³/mol. The number of amides is 2. The average molecular weight is 605 g/mol. The number of carbonyl (C=O) groups is 2. The maximum absolute atomic E-state index is 13.9. The molecule has 0 saturated carbocycles. The highest BCUT2D eigenvalue weighted by molar-refractivity contribution is 9.10. The topological polar surface area (TPSA) is 86.8 Å². The van der Waals surface area contributed by atoms with E-state index in [0.717, 1.165) is 15.2 Å². The molecule has 38 heavy (non-hydrogen) atoms. The van der Waals surface area contributed by atoms with Gasteiger partial charge in [0.05, 0.1) is 10.6 Å². The monoisotopic (exact) mass is 603 g/mol. The summed E-state index contributed by atoms with van der Waals surface area (Å²) in [6.45, 7) is 3.64. The second-order valence-electron chi connectivity index (χ2n) is 8.66. The van der Waals surface area contributed by atoms with Gasteiger partial charge < -0.3 is 10.2 Å². The van der Waals surface area contributed by atoms with Gasteiger partial charge in [-0.3, -0.25) is 13.9 Å². The Bertz CT molecular complexity index is 1320. The molecule has 0 aromatic heterocycles. The second kappa shape index (κ2) is 13.5. The Morgan fingerprint density at radius 3 is 2.16 bits per heavy atom. The number of hydrogen-bond acceptors (Lipinski definition) is 4. The van der Waals surface area contributed by atoms with Crippen LogP contribution >= 0.6 is 15.9 Å². The Labute approximate surface area is 231 Å². The van der Waals surface area contributed by atoms with Gasteiger partial charge in [0, 0.05) is 17.6 Å². The van der Waals surface area contributed by atoms with Crippen molar-refractivity contribution in [3.63, 3.8) is 0 Å². The highest BCUT2D eigenvalue weighted by atomic mass is 79.9. The van der Waals surface area contributed by atoms with Crippen LogP contribution in [-0.4, -0.2) is 44.3 Å². The lowest BCUT2D eigenvalue weighted by Crippen LogP contribution is -2.52.